The summed E-state index contributed by atoms with van der Waals surface area (Å²) in [5.74, 6) is 0.727. The summed E-state index contributed by atoms with van der Waals surface area (Å²) in [6, 6.07) is 6.02. The molecule has 1 amide bonds. The normalized spacial score (nSPS) is 12.4. The molecule has 4 nitrogen and oxygen atoms in total. The minimum Gasteiger partial charge on any atom is -0.325 e. The molecule has 0 bridgehead atoms. The van der Waals surface area contributed by atoms with Crippen molar-refractivity contribution in [2.45, 2.75) is 51.8 Å². The third-order valence-corrected chi connectivity index (χ3v) is 6.68. The number of rotatable bonds is 4. The number of aryl methyl sites for hydroxylation is 5. The van der Waals surface area contributed by atoms with E-state index in [2.05, 4.69) is 29.1 Å². The van der Waals surface area contributed by atoms with Gasteiger partial charge in [-0.15, -0.1) is 11.3 Å². The minimum atomic E-state index is -0.258. The van der Waals surface area contributed by atoms with Crippen molar-refractivity contribution in [3.05, 3.63) is 45.6 Å². The van der Waals surface area contributed by atoms with Gasteiger partial charge < -0.3 is 5.32 Å². The summed E-state index contributed by atoms with van der Waals surface area (Å²) < 4.78 is 0. The number of aromatic nitrogens is 2. The Morgan fingerprint density at radius 2 is 1.77 bits per heavy atom. The third kappa shape index (κ3) is 3.62. The monoisotopic (exact) mass is 385 g/mol. The fourth-order valence-electron chi connectivity index (χ4n) is 2.86. The van der Waals surface area contributed by atoms with Crippen molar-refractivity contribution in [1.82, 2.24) is 9.97 Å². The van der Waals surface area contributed by atoms with E-state index in [1.807, 2.05) is 45.9 Å². The van der Waals surface area contributed by atoms with Crippen LogP contribution in [0.25, 0.3) is 10.2 Å². The van der Waals surface area contributed by atoms with Gasteiger partial charge in [-0.05, 0) is 58.2 Å². The summed E-state index contributed by atoms with van der Waals surface area (Å²) >= 11 is 3.18. The van der Waals surface area contributed by atoms with Crippen molar-refractivity contribution in [1.29, 1.82) is 0 Å². The Balaban J connectivity index is 1.87. The van der Waals surface area contributed by atoms with Gasteiger partial charge in [0, 0.05) is 16.0 Å². The van der Waals surface area contributed by atoms with Gasteiger partial charge in [0.1, 0.15) is 15.7 Å². The Hall–Kier alpha value is -1.92. The van der Waals surface area contributed by atoms with Crippen LogP contribution in [0.3, 0.4) is 0 Å². The summed E-state index contributed by atoms with van der Waals surface area (Å²) in [5.41, 5.74) is 4.24. The van der Waals surface area contributed by atoms with Gasteiger partial charge >= 0.3 is 0 Å². The van der Waals surface area contributed by atoms with Crippen LogP contribution in [0.2, 0.25) is 0 Å². The van der Waals surface area contributed by atoms with E-state index in [4.69, 9.17) is 0 Å². The molecule has 2 aromatic heterocycles. The Morgan fingerprint density at radius 3 is 2.42 bits per heavy atom. The van der Waals surface area contributed by atoms with Crippen LogP contribution < -0.4 is 5.32 Å². The molecule has 3 rings (SSSR count). The number of nitrogens with zero attached hydrogens (tertiary/aromatic N) is 2. The van der Waals surface area contributed by atoms with Crippen LogP contribution in [-0.4, -0.2) is 21.1 Å². The van der Waals surface area contributed by atoms with Gasteiger partial charge in [-0.3, -0.25) is 4.79 Å². The first-order valence-corrected chi connectivity index (χ1v) is 10.3. The van der Waals surface area contributed by atoms with Crippen LogP contribution in [-0.2, 0) is 4.79 Å². The number of nitrogens with one attached hydrogen (secondary N) is 1. The molecule has 1 N–H and O–H groups in total. The van der Waals surface area contributed by atoms with Gasteiger partial charge in [-0.1, -0.05) is 30.0 Å². The molecule has 1 unspecified atom stereocenters. The molecule has 1 atom stereocenters. The first-order valence-electron chi connectivity index (χ1n) is 8.56. The molecule has 0 spiro atoms. The van der Waals surface area contributed by atoms with Crippen molar-refractivity contribution in [2.75, 3.05) is 5.32 Å². The van der Waals surface area contributed by atoms with Crippen molar-refractivity contribution >= 4 is 44.9 Å². The van der Waals surface area contributed by atoms with Crippen molar-refractivity contribution in [2.24, 2.45) is 0 Å². The molecule has 3 aromatic rings. The highest BCUT2D eigenvalue weighted by Gasteiger charge is 2.21. The zero-order valence-corrected chi connectivity index (χ0v) is 17.6. The van der Waals surface area contributed by atoms with Crippen molar-refractivity contribution < 1.29 is 4.79 Å². The SMILES string of the molecule is Cc1nc(SC(C)C(=O)Nc2c(C)cccc2C)c2c(C)c(C)sc2n1. The van der Waals surface area contributed by atoms with Gasteiger partial charge in [0.15, 0.2) is 0 Å². The predicted octanol–water partition coefficient (Wildman–Crippen LogP) is 5.35. The van der Waals surface area contributed by atoms with Crippen LogP contribution >= 0.6 is 23.1 Å². The van der Waals surface area contributed by atoms with Crippen LogP contribution in [0.4, 0.5) is 5.69 Å². The van der Waals surface area contributed by atoms with E-state index in [1.54, 1.807) is 11.3 Å². The van der Waals surface area contributed by atoms with Crippen LogP contribution in [0.5, 0.6) is 0 Å². The Bertz CT molecular complexity index is 974. The van der Waals surface area contributed by atoms with Gasteiger partial charge in [-0.25, -0.2) is 9.97 Å². The van der Waals surface area contributed by atoms with E-state index in [1.165, 1.54) is 22.2 Å². The number of benzene rings is 1. The lowest BCUT2D eigenvalue weighted by Gasteiger charge is -2.15. The molecule has 0 aliphatic rings. The predicted molar refractivity (Wildman–Crippen MR) is 111 cm³/mol. The van der Waals surface area contributed by atoms with Gasteiger partial charge in [0.05, 0.1) is 5.25 Å². The third-order valence-electron chi connectivity index (χ3n) is 4.49. The van der Waals surface area contributed by atoms with Crippen molar-refractivity contribution in [3.63, 3.8) is 0 Å². The lowest BCUT2D eigenvalue weighted by molar-refractivity contribution is -0.115. The smallest absolute Gasteiger partial charge is 0.237 e. The van der Waals surface area contributed by atoms with Gasteiger partial charge in [-0.2, -0.15) is 0 Å². The number of thiophene rings is 1. The molecule has 1 aromatic carbocycles. The minimum absolute atomic E-state index is 0.0126. The van der Waals surface area contributed by atoms with E-state index < -0.39 is 0 Å². The average molecular weight is 386 g/mol. The first kappa shape index (κ1) is 18.9. The number of fused-ring (bicyclic) bond motifs is 1. The molecule has 0 radical (unpaired) electrons. The lowest BCUT2D eigenvalue weighted by Crippen LogP contribution is -2.23. The molecule has 0 fully saturated rings. The van der Waals surface area contributed by atoms with E-state index in [9.17, 15) is 4.79 Å². The van der Waals surface area contributed by atoms with E-state index in [-0.39, 0.29) is 11.2 Å². The summed E-state index contributed by atoms with van der Waals surface area (Å²) in [4.78, 5) is 24.2. The number of para-hydroxylation sites is 1. The summed E-state index contributed by atoms with van der Waals surface area (Å²) in [6.45, 7) is 12.0. The van der Waals surface area contributed by atoms with E-state index in [0.29, 0.717) is 0 Å². The van der Waals surface area contributed by atoms with Crippen LogP contribution in [0.1, 0.15) is 34.3 Å². The first-order chi connectivity index (χ1) is 12.3. The second kappa shape index (κ2) is 7.37. The molecular formula is C20H23N3OS2. The number of hydrogen-bond donors (Lipinski definition) is 1. The maximum Gasteiger partial charge on any atom is 0.237 e. The number of thioether (sulfide) groups is 1. The van der Waals surface area contributed by atoms with Crippen molar-refractivity contribution in [3.8, 4) is 0 Å². The molecular weight excluding hydrogens is 362 g/mol. The number of carbonyl (C=O) groups excluding carboxylic acids is 1. The number of hydrogen-bond acceptors (Lipinski definition) is 5. The number of anilines is 1. The second-order valence-corrected chi connectivity index (χ2v) is 9.09. The summed E-state index contributed by atoms with van der Waals surface area (Å²) in [5, 5.41) is 4.79. The molecule has 136 valence electrons. The standard InChI is InChI=1S/C20H23N3OS2/c1-10-8-7-9-11(2)17(10)23-18(24)14(5)26-20-16-12(3)13(4)25-19(16)21-15(6)22-20/h7-9,14H,1-6H3,(H,23,24). The Kier molecular flexibility index (Phi) is 5.34. The number of carbonyl (C=O) groups is 1. The van der Waals surface area contributed by atoms with Crippen LogP contribution in [0.15, 0.2) is 23.2 Å². The lowest BCUT2D eigenvalue weighted by atomic mass is 10.1. The average Bonchev–Trinajstić information content (AvgIpc) is 2.85. The molecule has 2 heterocycles. The van der Waals surface area contributed by atoms with Crippen LogP contribution in [0, 0.1) is 34.6 Å². The molecule has 0 saturated heterocycles. The van der Waals surface area contributed by atoms with Gasteiger partial charge in [0.2, 0.25) is 5.91 Å². The molecule has 26 heavy (non-hydrogen) atoms. The molecule has 0 aliphatic heterocycles. The highest BCUT2D eigenvalue weighted by molar-refractivity contribution is 8.00. The largest absolute Gasteiger partial charge is 0.325 e. The molecule has 6 heteroatoms. The summed E-state index contributed by atoms with van der Waals surface area (Å²) in [7, 11) is 0. The van der Waals surface area contributed by atoms with E-state index >= 15 is 0 Å². The van der Waals surface area contributed by atoms with E-state index in [0.717, 1.165) is 37.9 Å². The number of amides is 1. The van der Waals surface area contributed by atoms with Gasteiger partial charge in [0.25, 0.3) is 0 Å². The quantitative estimate of drug-likeness (QED) is 0.486. The highest BCUT2D eigenvalue weighted by atomic mass is 32.2. The Morgan fingerprint density at radius 1 is 1.12 bits per heavy atom. The maximum absolute atomic E-state index is 12.8. The fourth-order valence-corrected chi connectivity index (χ4v) is 5.05. The Labute approximate surface area is 162 Å². The zero-order valence-electron chi connectivity index (χ0n) is 15.9. The summed E-state index contributed by atoms with van der Waals surface area (Å²) in [6.07, 6.45) is 0. The highest BCUT2D eigenvalue weighted by Crippen LogP contribution is 2.36. The second-order valence-electron chi connectivity index (χ2n) is 6.56. The topological polar surface area (TPSA) is 54.9 Å². The fraction of sp³-hybridized carbons (Fsp3) is 0.350. The molecule has 0 aliphatic carbocycles. The zero-order chi connectivity index (χ0) is 19.0. The maximum atomic E-state index is 12.8. The molecule has 0 saturated carbocycles.